The molecule has 0 aromatic heterocycles. The molecule has 0 spiro atoms. The molecule has 0 saturated heterocycles. The van der Waals surface area contributed by atoms with Crippen LogP contribution in [0.25, 0.3) is 0 Å². The van der Waals surface area contributed by atoms with E-state index in [1.54, 1.807) is 19.1 Å². The summed E-state index contributed by atoms with van der Waals surface area (Å²) < 4.78 is 6.07. The minimum atomic E-state index is -1.05. The lowest BCUT2D eigenvalue weighted by atomic mass is 10.1. The summed E-state index contributed by atoms with van der Waals surface area (Å²) in [7, 11) is 1.50. The molecule has 120 valence electrons. The topological polar surface area (TPSA) is 75.6 Å². The number of rotatable bonds is 4. The van der Waals surface area contributed by atoms with Crippen LogP contribution in [0, 0.1) is 13.8 Å². The normalized spacial score (nSPS) is 10.3. The maximum atomic E-state index is 12.6. The van der Waals surface area contributed by atoms with Gasteiger partial charge in [0.05, 0.1) is 18.2 Å². The number of carboxylic acid groups (broad SMARTS) is 1. The van der Waals surface area contributed by atoms with Gasteiger partial charge in [0.1, 0.15) is 5.75 Å². The van der Waals surface area contributed by atoms with Gasteiger partial charge in [-0.05, 0) is 49.2 Å². The predicted octanol–water partition coefficient (Wildman–Crippen LogP) is 4.03. The van der Waals surface area contributed by atoms with Gasteiger partial charge in [0.15, 0.2) is 0 Å². The van der Waals surface area contributed by atoms with Gasteiger partial charge in [-0.25, -0.2) is 4.79 Å². The summed E-state index contributed by atoms with van der Waals surface area (Å²) in [6.07, 6.45) is 0. The molecule has 0 fully saturated rings. The van der Waals surface area contributed by atoms with Crippen molar-refractivity contribution < 1.29 is 19.4 Å². The van der Waals surface area contributed by atoms with Gasteiger partial charge in [-0.2, -0.15) is 0 Å². The Kier molecular flexibility index (Phi) is 5.05. The standard InChI is InChI=1S/C17H16BrNO4/c1-9-4-5-11(17(21)22)7-14(9)19-16(20)13-8-12(18)6-10(2)15(13)23-3/h4-8H,1-3H3,(H,19,20)(H,21,22). The number of aryl methyl sites for hydroxylation is 2. The van der Waals surface area contributed by atoms with E-state index in [9.17, 15) is 9.59 Å². The quantitative estimate of drug-likeness (QED) is 0.843. The predicted molar refractivity (Wildman–Crippen MR) is 91.5 cm³/mol. The van der Waals surface area contributed by atoms with E-state index >= 15 is 0 Å². The highest BCUT2D eigenvalue weighted by Gasteiger charge is 2.17. The highest BCUT2D eigenvalue weighted by atomic mass is 79.9. The Balaban J connectivity index is 2.40. The molecule has 2 aromatic carbocycles. The molecule has 0 unspecified atom stereocenters. The Morgan fingerprint density at radius 2 is 1.83 bits per heavy atom. The van der Waals surface area contributed by atoms with E-state index in [0.717, 1.165) is 15.6 Å². The lowest BCUT2D eigenvalue weighted by Gasteiger charge is -2.14. The van der Waals surface area contributed by atoms with E-state index in [1.807, 2.05) is 13.0 Å². The summed E-state index contributed by atoms with van der Waals surface area (Å²) in [6.45, 7) is 3.64. The van der Waals surface area contributed by atoms with Gasteiger partial charge >= 0.3 is 5.97 Å². The highest BCUT2D eigenvalue weighted by Crippen LogP contribution is 2.29. The van der Waals surface area contributed by atoms with Crippen molar-refractivity contribution in [1.29, 1.82) is 0 Å². The van der Waals surface area contributed by atoms with Crippen LogP contribution in [-0.2, 0) is 0 Å². The molecule has 0 aliphatic heterocycles. The first-order valence-corrected chi connectivity index (χ1v) is 7.62. The Morgan fingerprint density at radius 1 is 1.13 bits per heavy atom. The number of amides is 1. The van der Waals surface area contributed by atoms with Crippen molar-refractivity contribution >= 4 is 33.5 Å². The number of hydrogen-bond donors (Lipinski definition) is 2. The molecule has 0 saturated carbocycles. The molecule has 0 bridgehead atoms. The van der Waals surface area contributed by atoms with Crippen molar-refractivity contribution in [3.8, 4) is 5.75 Å². The molecule has 0 aliphatic rings. The number of carbonyl (C=O) groups excluding carboxylic acids is 1. The van der Waals surface area contributed by atoms with Crippen molar-refractivity contribution in [2.45, 2.75) is 13.8 Å². The largest absolute Gasteiger partial charge is 0.496 e. The SMILES string of the molecule is COc1c(C)cc(Br)cc1C(=O)Nc1cc(C(=O)O)ccc1C. The van der Waals surface area contributed by atoms with Gasteiger partial charge in [-0.1, -0.05) is 22.0 Å². The van der Waals surface area contributed by atoms with Crippen LogP contribution in [0.15, 0.2) is 34.8 Å². The molecule has 0 heterocycles. The average molecular weight is 378 g/mol. The summed E-state index contributed by atoms with van der Waals surface area (Å²) in [5.74, 6) is -0.925. The van der Waals surface area contributed by atoms with Crippen molar-refractivity contribution in [2.24, 2.45) is 0 Å². The minimum absolute atomic E-state index is 0.114. The number of halogens is 1. The third-order valence-corrected chi connectivity index (χ3v) is 3.88. The summed E-state index contributed by atoms with van der Waals surface area (Å²) in [6, 6.07) is 8.11. The van der Waals surface area contributed by atoms with Gasteiger partial charge in [0, 0.05) is 10.2 Å². The maximum Gasteiger partial charge on any atom is 0.335 e. The average Bonchev–Trinajstić information content (AvgIpc) is 2.48. The monoisotopic (exact) mass is 377 g/mol. The van der Waals surface area contributed by atoms with Crippen molar-refractivity contribution in [3.63, 3.8) is 0 Å². The first-order valence-electron chi connectivity index (χ1n) is 6.83. The lowest BCUT2D eigenvalue weighted by Crippen LogP contribution is -2.15. The second kappa shape index (κ2) is 6.83. The molecular weight excluding hydrogens is 362 g/mol. The highest BCUT2D eigenvalue weighted by molar-refractivity contribution is 9.10. The van der Waals surface area contributed by atoms with Gasteiger partial charge in [0.25, 0.3) is 5.91 Å². The lowest BCUT2D eigenvalue weighted by molar-refractivity contribution is 0.0696. The molecule has 0 radical (unpaired) electrons. The van der Waals surface area contributed by atoms with Gasteiger partial charge in [0.2, 0.25) is 0 Å². The number of carboxylic acids is 1. The zero-order valence-corrected chi connectivity index (χ0v) is 14.5. The summed E-state index contributed by atoms with van der Waals surface area (Å²) in [5, 5.41) is 11.8. The molecule has 6 heteroatoms. The third-order valence-electron chi connectivity index (χ3n) is 3.42. The number of hydrogen-bond acceptors (Lipinski definition) is 3. The first kappa shape index (κ1) is 17.0. The molecule has 2 rings (SSSR count). The molecule has 5 nitrogen and oxygen atoms in total. The Hall–Kier alpha value is -2.34. The molecular formula is C17H16BrNO4. The van der Waals surface area contributed by atoms with Crippen molar-refractivity contribution in [2.75, 3.05) is 12.4 Å². The molecule has 0 aliphatic carbocycles. The number of benzene rings is 2. The first-order chi connectivity index (χ1) is 10.8. The van der Waals surface area contributed by atoms with Crippen LogP contribution in [0.5, 0.6) is 5.75 Å². The smallest absolute Gasteiger partial charge is 0.335 e. The second-order valence-electron chi connectivity index (χ2n) is 5.09. The van der Waals surface area contributed by atoms with Crippen molar-refractivity contribution in [3.05, 3.63) is 57.1 Å². The summed E-state index contributed by atoms with van der Waals surface area (Å²) in [4.78, 5) is 23.6. The second-order valence-corrected chi connectivity index (χ2v) is 6.01. The third kappa shape index (κ3) is 3.71. The Bertz CT molecular complexity index is 786. The zero-order chi connectivity index (χ0) is 17.1. The van der Waals surface area contributed by atoms with Gasteiger partial charge < -0.3 is 15.2 Å². The molecule has 1 amide bonds. The maximum absolute atomic E-state index is 12.6. The minimum Gasteiger partial charge on any atom is -0.496 e. The Morgan fingerprint density at radius 3 is 2.43 bits per heavy atom. The summed E-state index contributed by atoms with van der Waals surface area (Å²) >= 11 is 3.36. The number of nitrogens with one attached hydrogen (secondary N) is 1. The van der Waals surface area contributed by atoms with Gasteiger partial charge in [-0.15, -0.1) is 0 Å². The van der Waals surface area contributed by atoms with E-state index in [2.05, 4.69) is 21.2 Å². The number of aromatic carboxylic acids is 1. The van der Waals surface area contributed by atoms with E-state index in [-0.39, 0.29) is 11.5 Å². The van der Waals surface area contributed by atoms with E-state index in [1.165, 1.54) is 19.2 Å². The van der Waals surface area contributed by atoms with Crippen LogP contribution in [0.4, 0.5) is 5.69 Å². The fourth-order valence-corrected chi connectivity index (χ4v) is 2.82. The Labute approximate surface area is 142 Å². The van der Waals surface area contributed by atoms with Crippen LogP contribution >= 0.6 is 15.9 Å². The van der Waals surface area contributed by atoms with Crippen LogP contribution in [0.3, 0.4) is 0 Å². The molecule has 0 atom stereocenters. The molecule has 2 N–H and O–H groups in total. The van der Waals surface area contributed by atoms with E-state index in [4.69, 9.17) is 9.84 Å². The number of anilines is 1. The summed E-state index contributed by atoms with van der Waals surface area (Å²) in [5.41, 5.74) is 2.54. The number of carbonyl (C=O) groups is 2. The van der Waals surface area contributed by atoms with Gasteiger partial charge in [-0.3, -0.25) is 4.79 Å². The van der Waals surface area contributed by atoms with Crippen LogP contribution < -0.4 is 10.1 Å². The fraction of sp³-hybridized carbons (Fsp3) is 0.176. The zero-order valence-electron chi connectivity index (χ0n) is 12.9. The molecule has 2 aromatic rings. The van der Waals surface area contributed by atoms with E-state index in [0.29, 0.717) is 17.0 Å². The number of ether oxygens (including phenoxy) is 1. The molecule has 23 heavy (non-hydrogen) atoms. The van der Waals surface area contributed by atoms with Crippen molar-refractivity contribution in [1.82, 2.24) is 0 Å². The number of methoxy groups -OCH3 is 1. The van der Waals surface area contributed by atoms with Crippen LogP contribution in [0.2, 0.25) is 0 Å². The van der Waals surface area contributed by atoms with Crippen LogP contribution in [-0.4, -0.2) is 24.1 Å². The van der Waals surface area contributed by atoms with E-state index < -0.39 is 5.97 Å². The fourth-order valence-electron chi connectivity index (χ4n) is 2.25. The van der Waals surface area contributed by atoms with Crippen LogP contribution in [0.1, 0.15) is 31.8 Å².